The maximum atomic E-state index is 11.9. The molecule has 1 heterocycles. The summed E-state index contributed by atoms with van der Waals surface area (Å²) < 4.78 is 0.682. The van der Waals surface area contributed by atoms with Crippen LogP contribution in [0.1, 0.15) is 23.4 Å². The number of hydrogen-bond donors (Lipinski definition) is 1. The van der Waals surface area contributed by atoms with Crippen LogP contribution in [0.2, 0.25) is 4.34 Å². The standard InChI is InChI=1S/C14H13ClN2O3S/c1-9(12-6-7-13(15)21-12)16-14(18)8-10-2-4-11(5-3-10)17(19)20/h2-7,9H,8H2,1H3,(H,16,18)/t9-/m0/s1. The van der Waals surface area contributed by atoms with Gasteiger partial charge in [-0.2, -0.15) is 0 Å². The van der Waals surface area contributed by atoms with Crippen LogP contribution in [0, 0.1) is 10.1 Å². The Balaban J connectivity index is 1.93. The van der Waals surface area contributed by atoms with Gasteiger partial charge in [-0.25, -0.2) is 0 Å². The molecule has 7 heteroatoms. The molecule has 0 aliphatic carbocycles. The number of carbonyl (C=O) groups is 1. The average Bonchev–Trinajstić information content (AvgIpc) is 2.86. The van der Waals surface area contributed by atoms with Crippen molar-refractivity contribution in [3.8, 4) is 0 Å². The van der Waals surface area contributed by atoms with Crippen LogP contribution < -0.4 is 5.32 Å². The van der Waals surface area contributed by atoms with E-state index in [1.54, 1.807) is 18.2 Å². The minimum absolute atomic E-state index is 0.0146. The Morgan fingerprint density at radius 2 is 2.00 bits per heavy atom. The highest BCUT2D eigenvalue weighted by Gasteiger charge is 2.12. The van der Waals surface area contributed by atoms with E-state index < -0.39 is 4.92 Å². The third kappa shape index (κ3) is 4.27. The summed E-state index contributed by atoms with van der Waals surface area (Å²) in [5.74, 6) is -0.138. The number of halogens is 1. The number of hydrogen-bond acceptors (Lipinski definition) is 4. The number of nitrogens with zero attached hydrogens (tertiary/aromatic N) is 1. The third-order valence-corrected chi connectivity index (χ3v) is 4.32. The predicted octanol–water partition coefficient (Wildman–Crippen LogP) is 3.73. The summed E-state index contributed by atoms with van der Waals surface area (Å²) in [4.78, 5) is 23.0. The van der Waals surface area contributed by atoms with E-state index in [0.29, 0.717) is 4.34 Å². The first-order valence-electron chi connectivity index (χ1n) is 6.23. The van der Waals surface area contributed by atoms with Crippen molar-refractivity contribution in [3.63, 3.8) is 0 Å². The molecule has 0 saturated carbocycles. The molecule has 0 spiro atoms. The van der Waals surface area contributed by atoms with Crippen LogP contribution >= 0.6 is 22.9 Å². The fraction of sp³-hybridized carbons (Fsp3) is 0.214. The predicted molar refractivity (Wildman–Crippen MR) is 82.7 cm³/mol. The van der Waals surface area contributed by atoms with Gasteiger partial charge in [0.2, 0.25) is 5.91 Å². The highest BCUT2D eigenvalue weighted by atomic mass is 35.5. The number of thiophene rings is 1. The lowest BCUT2D eigenvalue weighted by Crippen LogP contribution is -2.27. The van der Waals surface area contributed by atoms with Gasteiger partial charge in [-0.1, -0.05) is 23.7 Å². The van der Waals surface area contributed by atoms with E-state index in [4.69, 9.17) is 11.6 Å². The van der Waals surface area contributed by atoms with Gasteiger partial charge < -0.3 is 5.32 Å². The van der Waals surface area contributed by atoms with Gasteiger partial charge in [0.05, 0.1) is 21.7 Å². The zero-order valence-corrected chi connectivity index (χ0v) is 12.8. The zero-order chi connectivity index (χ0) is 15.4. The topological polar surface area (TPSA) is 72.2 Å². The third-order valence-electron chi connectivity index (χ3n) is 2.91. The van der Waals surface area contributed by atoms with E-state index in [9.17, 15) is 14.9 Å². The fourth-order valence-electron chi connectivity index (χ4n) is 1.85. The molecule has 0 aliphatic heterocycles. The summed E-state index contributed by atoms with van der Waals surface area (Å²) in [7, 11) is 0. The van der Waals surface area contributed by atoms with E-state index in [1.165, 1.54) is 23.5 Å². The molecule has 0 bridgehead atoms. The van der Waals surface area contributed by atoms with E-state index in [1.807, 2.05) is 13.0 Å². The Labute approximate surface area is 130 Å². The van der Waals surface area contributed by atoms with Crippen molar-refractivity contribution in [1.29, 1.82) is 0 Å². The molecule has 5 nitrogen and oxygen atoms in total. The Bertz CT molecular complexity index is 654. The van der Waals surface area contributed by atoms with Crippen LogP contribution in [0.25, 0.3) is 0 Å². The Morgan fingerprint density at radius 3 is 2.52 bits per heavy atom. The van der Waals surface area contributed by atoms with Gasteiger partial charge in [-0.15, -0.1) is 11.3 Å². The first-order chi connectivity index (χ1) is 9.95. The van der Waals surface area contributed by atoms with Gasteiger partial charge in [0.15, 0.2) is 0 Å². The molecule has 1 amide bonds. The molecule has 0 saturated heterocycles. The highest BCUT2D eigenvalue weighted by molar-refractivity contribution is 7.16. The lowest BCUT2D eigenvalue weighted by atomic mass is 10.1. The molecule has 0 radical (unpaired) electrons. The van der Waals surface area contributed by atoms with Crippen molar-refractivity contribution in [3.05, 3.63) is 61.3 Å². The van der Waals surface area contributed by atoms with Crippen LogP contribution in [0.4, 0.5) is 5.69 Å². The smallest absolute Gasteiger partial charge is 0.269 e. The van der Waals surface area contributed by atoms with Crippen molar-refractivity contribution < 1.29 is 9.72 Å². The number of nitro groups is 1. The Kier molecular flexibility index (Phi) is 4.93. The minimum atomic E-state index is -0.466. The van der Waals surface area contributed by atoms with Gasteiger partial charge in [0.25, 0.3) is 5.69 Å². The van der Waals surface area contributed by atoms with Crippen molar-refractivity contribution in [2.24, 2.45) is 0 Å². The lowest BCUT2D eigenvalue weighted by Gasteiger charge is -2.12. The second-order valence-electron chi connectivity index (χ2n) is 4.53. The van der Waals surface area contributed by atoms with E-state index in [0.717, 1.165) is 10.4 Å². The largest absolute Gasteiger partial charge is 0.348 e. The van der Waals surface area contributed by atoms with Crippen LogP contribution in [0.5, 0.6) is 0 Å². The van der Waals surface area contributed by atoms with Gasteiger partial charge in [0.1, 0.15) is 0 Å². The molecular weight excluding hydrogens is 312 g/mol. The first-order valence-corrected chi connectivity index (χ1v) is 7.43. The highest BCUT2D eigenvalue weighted by Crippen LogP contribution is 2.26. The van der Waals surface area contributed by atoms with Gasteiger partial charge in [0, 0.05) is 17.0 Å². The Hall–Kier alpha value is -1.92. The quantitative estimate of drug-likeness (QED) is 0.672. The molecule has 0 fully saturated rings. The zero-order valence-electron chi connectivity index (χ0n) is 11.2. The summed E-state index contributed by atoms with van der Waals surface area (Å²) in [5, 5.41) is 13.4. The number of benzene rings is 1. The number of amides is 1. The summed E-state index contributed by atoms with van der Waals surface area (Å²) in [6, 6.07) is 9.52. The molecule has 1 N–H and O–H groups in total. The van der Waals surface area contributed by atoms with Crippen molar-refractivity contribution >= 4 is 34.5 Å². The Morgan fingerprint density at radius 1 is 1.33 bits per heavy atom. The maximum absolute atomic E-state index is 11.9. The molecular formula is C14H13ClN2O3S. The van der Waals surface area contributed by atoms with Crippen molar-refractivity contribution in [1.82, 2.24) is 5.32 Å². The molecule has 0 unspecified atom stereocenters. The minimum Gasteiger partial charge on any atom is -0.348 e. The molecule has 1 atom stereocenters. The van der Waals surface area contributed by atoms with E-state index in [2.05, 4.69) is 5.32 Å². The summed E-state index contributed by atoms with van der Waals surface area (Å²) in [6.07, 6.45) is 0.182. The molecule has 2 aromatic rings. The number of non-ortho nitro benzene ring substituents is 1. The lowest BCUT2D eigenvalue weighted by molar-refractivity contribution is -0.384. The van der Waals surface area contributed by atoms with Gasteiger partial charge >= 0.3 is 0 Å². The van der Waals surface area contributed by atoms with Crippen molar-refractivity contribution in [2.45, 2.75) is 19.4 Å². The average molecular weight is 325 g/mol. The molecule has 1 aromatic carbocycles. The van der Waals surface area contributed by atoms with E-state index in [-0.39, 0.29) is 24.1 Å². The molecule has 1 aromatic heterocycles. The summed E-state index contributed by atoms with van der Waals surface area (Å²) in [5.41, 5.74) is 0.746. The second-order valence-corrected chi connectivity index (χ2v) is 6.28. The molecule has 0 aliphatic rings. The number of rotatable bonds is 5. The summed E-state index contributed by atoms with van der Waals surface area (Å²) in [6.45, 7) is 1.88. The van der Waals surface area contributed by atoms with Crippen LogP contribution in [0.15, 0.2) is 36.4 Å². The fourth-order valence-corrected chi connectivity index (χ4v) is 2.91. The van der Waals surface area contributed by atoms with Crippen molar-refractivity contribution in [2.75, 3.05) is 0 Å². The first kappa shape index (κ1) is 15.5. The summed E-state index contributed by atoms with van der Waals surface area (Å²) >= 11 is 7.29. The van der Waals surface area contributed by atoms with Crippen LogP contribution in [-0.2, 0) is 11.2 Å². The SMILES string of the molecule is C[C@H](NC(=O)Cc1ccc([N+](=O)[O-])cc1)c1ccc(Cl)s1. The monoisotopic (exact) mass is 324 g/mol. The number of nitro benzene ring substituents is 1. The molecule has 2 rings (SSSR count). The normalized spacial score (nSPS) is 11.9. The van der Waals surface area contributed by atoms with Gasteiger partial charge in [-0.3, -0.25) is 14.9 Å². The molecule has 110 valence electrons. The van der Waals surface area contributed by atoms with E-state index >= 15 is 0 Å². The number of carbonyl (C=O) groups excluding carboxylic acids is 1. The number of nitrogens with one attached hydrogen (secondary N) is 1. The van der Waals surface area contributed by atoms with Gasteiger partial charge in [-0.05, 0) is 24.6 Å². The van der Waals surface area contributed by atoms with Crippen LogP contribution in [-0.4, -0.2) is 10.8 Å². The van der Waals surface area contributed by atoms with Crippen LogP contribution in [0.3, 0.4) is 0 Å². The second kappa shape index (κ2) is 6.69. The molecule has 21 heavy (non-hydrogen) atoms. The maximum Gasteiger partial charge on any atom is 0.269 e.